The Morgan fingerprint density at radius 3 is 2.47 bits per heavy atom. The number of rotatable bonds is 3. The maximum absolute atomic E-state index is 11.6. The van der Waals surface area contributed by atoms with Crippen molar-refractivity contribution in [2.45, 2.75) is 63.5 Å². The number of aliphatic hydroxyl groups excluding tert-OH is 1. The molecule has 0 saturated heterocycles. The van der Waals surface area contributed by atoms with E-state index >= 15 is 0 Å². The van der Waals surface area contributed by atoms with Gasteiger partial charge in [0.1, 0.15) is 0 Å². The first-order valence-corrected chi connectivity index (χ1v) is 6.23. The van der Waals surface area contributed by atoms with Crippen LogP contribution >= 0.6 is 0 Å². The van der Waals surface area contributed by atoms with E-state index in [-0.39, 0.29) is 18.1 Å². The number of carbonyl (C=O) groups excluding carboxylic acids is 1. The molecule has 2 aliphatic carbocycles. The minimum absolute atomic E-state index is 0.0197. The van der Waals surface area contributed by atoms with Crippen molar-refractivity contribution < 1.29 is 9.90 Å². The highest BCUT2D eigenvalue weighted by Gasteiger charge is 2.26. The molecule has 2 saturated carbocycles. The van der Waals surface area contributed by atoms with Crippen molar-refractivity contribution in [1.82, 2.24) is 5.32 Å². The Bertz CT molecular complexity index is 226. The van der Waals surface area contributed by atoms with Gasteiger partial charge in [-0.1, -0.05) is 19.3 Å². The molecule has 0 radical (unpaired) electrons. The topological polar surface area (TPSA) is 49.3 Å². The maximum Gasteiger partial charge on any atom is 0.220 e. The minimum atomic E-state index is -0.316. The van der Waals surface area contributed by atoms with Crippen LogP contribution in [0.5, 0.6) is 0 Å². The zero-order chi connectivity index (χ0) is 10.7. The number of carbonyl (C=O) groups is 1. The lowest BCUT2D eigenvalue weighted by Crippen LogP contribution is -2.45. The van der Waals surface area contributed by atoms with Crippen molar-refractivity contribution in [3.05, 3.63) is 0 Å². The second-order valence-corrected chi connectivity index (χ2v) is 5.03. The van der Waals surface area contributed by atoms with Gasteiger partial charge in [0.05, 0.1) is 12.1 Å². The predicted molar refractivity (Wildman–Crippen MR) is 58.4 cm³/mol. The van der Waals surface area contributed by atoms with E-state index in [4.69, 9.17) is 0 Å². The van der Waals surface area contributed by atoms with Crippen LogP contribution in [-0.2, 0) is 4.79 Å². The minimum Gasteiger partial charge on any atom is -0.391 e. The molecule has 0 aromatic heterocycles. The number of hydrogen-bond donors (Lipinski definition) is 2. The summed E-state index contributed by atoms with van der Waals surface area (Å²) in [5.41, 5.74) is 0. The molecule has 3 nitrogen and oxygen atoms in total. The van der Waals surface area contributed by atoms with Crippen molar-refractivity contribution in [3.63, 3.8) is 0 Å². The highest BCUT2D eigenvalue weighted by Crippen LogP contribution is 2.29. The van der Waals surface area contributed by atoms with Crippen molar-refractivity contribution in [3.8, 4) is 0 Å². The molecular weight excluding hydrogens is 190 g/mol. The summed E-state index contributed by atoms with van der Waals surface area (Å²) in [5, 5.41) is 12.7. The SMILES string of the molecule is O=C(CC1CCC1)N[C@H]1CCCC[C@@H]1O. The summed E-state index contributed by atoms with van der Waals surface area (Å²) in [6.45, 7) is 0. The molecule has 2 N–H and O–H groups in total. The van der Waals surface area contributed by atoms with Gasteiger partial charge in [-0.25, -0.2) is 0 Å². The smallest absolute Gasteiger partial charge is 0.220 e. The van der Waals surface area contributed by atoms with E-state index < -0.39 is 0 Å². The summed E-state index contributed by atoms with van der Waals surface area (Å²) in [5.74, 6) is 0.761. The van der Waals surface area contributed by atoms with Gasteiger partial charge in [0.2, 0.25) is 5.91 Å². The van der Waals surface area contributed by atoms with Crippen LogP contribution in [0.25, 0.3) is 0 Å². The predicted octanol–water partition coefficient (Wildman–Crippen LogP) is 1.60. The molecule has 0 heterocycles. The molecular formula is C12H21NO2. The standard InChI is InChI=1S/C12H21NO2/c14-11-7-2-1-6-10(11)13-12(15)8-9-4-3-5-9/h9-11,14H,1-8H2,(H,13,15)/t10-,11-/m0/s1. The summed E-state index contributed by atoms with van der Waals surface area (Å²) in [6.07, 6.45) is 8.06. The van der Waals surface area contributed by atoms with Gasteiger partial charge in [0.25, 0.3) is 0 Å². The molecule has 15 heavy (non-hydrogen) atoms. The summed E-state index contributed by atoms with van der Waals surface area (Å²) < 4.78 is 0. The molecule has 0 bridgehead atoms. The molecule has 2 aliphatic rings. The number of aliphatic hydroxyl groups is 1. The average molecular weight is 211 g/mol. The van der Waals surface area contributed by atoms with E-state index in [1.165, 1.54) is 19.3 Å². The maximum atomic E-state index is 11.6. The summed E-state index contributed by atoms with van der Waals surface area (Å²) >= 11 is 0. The second kappa shape index (κ2) is 4.97. The van der Waals surface area contributed by atoms with Crippen LogP contribution in [0.15, 0.2) is 0 Å². The zero-order valence-electron chi connectivity index (χ0n) is 9.24. The van der Waals surface area contributed by atoms with Gasteiger partial charge in [0, 0.05) is 6.42 Å². The fraction of sp³-hybridized carbons (Fsp3) is 0.917. The van der Waals surface area contributed by atoms with Gasteiger partial charge < -0.3 is 10.4 Å². The molecule has 0 spiro atoms. The van der Waals surface area contributed by atoms with Crippen LogP contribution in [0.1, 0.15) is 51.4 Å². The van der Waals surface area contributed by atoms with E-state index in [1.807, 2.05) is 0 Å². The molecule has 0 aromatic rings. The Labute approximate surface area is 91.2 Å². The monoisotopic (exact) mass is 211 g/mol. The molecule has 86 valence electrons. The van der Waals surface area contributed by atoms with E-state index in [9.17, 15) is 9.90 Å². The van der Waals surface area contributed by atoms with Crippen molar-refractivity contribution in [1.29, 1.82) is 0 Å². The first kappa shape index (κ1) is 10.9. The Kier molecular flexibility index (Phi) is 3.62. The van der Waals surface area contributed by atoms with Gasteiger partial charge in [-0.05, 0) is 31.6 Å². The number of amides is 1. The van der Waals surface area contributed by atoms with Crippen LogP contribution < -0.4 is 5.32 Å². The van der Waals surface area contributed by atoms with E-state index in [2.05, 4.69) is 5.32 Å². The molecule has 1 amide bonds. The van der Waals surface area contributed by atoms with Crippen LogP contribution in [0.4, 0.5) is 0 Å². The molecule has 2 fully saturated rings. The zero-order valence-corrected chi connectivity index (χ0v) is 9.24. The third kappa shape index (κ3) is 2.94. The van der Waals surface area contributed by atoms with Crippen LogP contribution in [0.3, 0.4) is 0 Å². The second-order valence-electron chi connectivity index (χ2n) is 5.03. The van der Waals surface area contributed by atoms with Gasteiger partial charge in [-0.2, -0.15) is 0 Å². The normalized spacial score (nSPS) is 32.1. The van der Waals surface area contributed by atoms with Crippen LogP contribution in [0, 0.1) is 5.92 Å². The fourth-order valence-corrected chi connectivity index (χ4v) is 2.50. The van der Waals surface area contributed by atoms with Crippen LogP contribution in [0.2, 0.25) is 0 Å². The van der Waals surface area contributed by atoms with Crippen LogP contribution in [-0.4, -0.2) is 23.2 Å². The average Bonchev–Trinajstić information content (AvgIpc) is 2.16. The quantitative estimate of drug-likeness (QED) is 0.745. The molecule has 0 aliphatic heterocycles. The van der Waals surface area contributed by atoms with Gasteiger partial charge in [-0.3, -0.25) is 4.79 Å². The Balaban J connectivity index is 1.71. The Morgan fingerprint density at radius 2 is 1.87 bits per heavy atom. The van der Waals surface area contributed by atoms with Gasteiger partial charge in [0.15, 0.2) is 0 Å². The lowest BCUT2D eigenvalue weighted by Gasteiger charge is -2.30. The first-order chi connectivity index (χ1) is 7.25. The van der Waals surface area contributed by atoms with Gasteiger partial charge >= 0.3 is 0 Å². The molecule has 0 aromatic carbocycles. The Hall–Kier alpha value is -0.570. The molecule has 2 atom stereocenters. The number of nitrogens with one attached hydrogen (secondary N) is 1. The number of hydrogen-bond acceptors (Lipinski definition) is 2. The lowest BCUT2D eigenvalue weighted by atomic mass is 9.82. The fourth-order valence-electron chi connectivity index (χ4n) is 2.50. The highest BCUT2D eigenvalue weighted by atomic mass is 16.3. The highest BCUT2D eigenvalue weighted by molar-refractivity contribution is 5.76. The summed E-state index contributed by atoms with van der Waals surface area (Å²) in [4.78, 5) is 11.6. The van der Waals surface area contributed by atoms with E-state index in [0.717, 1.165) is 25.7 Å². The Morgan fingerprint density at radius 1 is 1.13 bits per heavy atom. The van der Waals surface area contributed by atoms with Crippen molar-refractivity contribution in [2.24, 2.45) is 5.92 Å². The summed E-state index contributed by atoms with van der Waals surface area (Å²) in [6, 6.07) is 0.0197. The van der Waals surface area contributed by atoms with Gasteiger partial charge in [-0.15, -0.1) is 0 Å². The molecule has 3 heteroatoms. The first-order valence-electron chi connectivity index (χ1n) is 6.23. The molecule has 2 rings (SSSR count). The third-order valence-electron chi connectivity index (χ3n) is 3.77. The largest absolute Gasteiger partial charge is 0.391 e. The lowest BCUT2D eigenvalue weighted by molar-refractivity contribution is -0.124. The third-order valence-corrected chi connectivity index (χ3v) is 3.77. The van der Waals surface area contributed by atoms with E-state index in [1.54, 1.807) is 0 Å². The summed E-state index contributed by atoms with van der Waals surface area (Å²) in [7, 11) is 0. The van der Waals surface area contributed by atoms with Crippen molar-refractivity contribution in [2.75, 3.05) is 0 Å². The molecule has 0 unspecified atom stereocenters. The van der Waals surface area contributed by atoms with Crippen molar-refractivity contribution >= 4 is 5.91 Å². The van der Waals surface area contributed by atoms with E-state index in [0.29, 0.717) is 12.3 Å².